The molecule has 6 heterocycles. The summed E-state index contributed by atoms with van der Waals surface area (Å²) in [5.41, 5.74) is 10.7. The highest BCUT2D eigenvalue weighted by Crippen LogP contribution is 2.55. The number of aryl methyl sites for hydroxylation is 6. The minimum Gasteiger partial charge on any atom is -0.243 e. The molecule has 0 unspecified atom stereocenters. The number of rotatable bonds is 6. The Morgan fingerprint density at radius 3 is 1.12 bits per heavy atom. The van der Waals surface area contributed by atoms with Crippen LogP contribution < -0.4 is 0 Å². The molecule has 0 aliphatic carbocycles. The summed E-state index contributed by atoms with van der Waals surface area (Å²) >= 11 is 11.1. The molecule has 0 N–H and O–H groups in total. The van der Waals surface area contributed by atoms with Crippen LogP contribution in [-0.2, 0) is 0 Å². The van der Waals surface area contributed by atoms with Crippen LogP contribution >= 0.6 is 68.0 Å². The third-order valence-electron chi connectivity index (χ3n) is 9.28. The largest absolute Gasteiger partial charge is 0.243 e. The van der Waals surface area contributed by atoms with Gasteiger partial charge in [0.15, 0.2) is 0 Å². The molecule has 0 bridgehead atoms. The van der Waals surface area contributed by atoms with Crippen LogP contribution in [0.2, 0.25) is 0 Å². The fourth-order valence-electron chi connectivity index (χ4n) is 7.03. The maximum atomic E-state index is 4.70. The summed E-state index contributed by atoms with van der Waals surface area (Å²) < 4.78 is 2.72. The lowest BCUT2D eigenvalue weighted by molar-refractivity contribution is 1.39. The number of hydrogen-bond donors (Lipinski definition) is 0. The summed E-state index contributed by atoms with van der Waals surface area (Å²) in [5.74, 6) is 0. The van der Waals surface area contributed by atoms with Crippen molar-refractivity contribution < 1.29 is 0 Å². The molecule has 50 heavy (non-hydrogen) atoms. The predicted molar refractivity (Wildman–Crippen MR) is 225 cm³/mol. The molecule has 3 aromatic carbocycles. The average molecular weight is 757 g/mol. The first-order chi connectivity index (χ1) is 24.2. The van der Waals surface area contributed by atoms with Gasteiger partial charge in [0.1, 0.15) is 10.0 Å². The van der Waals surface area contributed by atoms with Gasteiger partial charge in [0.05, 0.1) is 9.75 Å². The van der Waals surface area contributed by atoms with Gasteiger partial charge < -0.3 is 0 Å². The zero-order valence-electron chi connectivity index (χ0n) is 28.4. The van der Waals surface area contributed by atoms with Gasteiger partial charge in [0.25, 0.3) is 0 Å². The van der Waals surface area contributed by atoms with Crippen molar-refractivity contribution in [2.45, 2.75) is 41.5 Å². The number of benzene rings is 3. The predicted octanol–water partition coefficient (Wildman–Crippen LogP) is 15.0. The number of thiazole rings is 2. The molecule has 0 amide bonds. The van der Waals surface area contributed by atoms with Crippen molar-refractivity contribution >= 4 is 88.2 Å². The highest BCUT2D eigenvalue weighted by Gasteiger charge is 2.26. The van der Waals surface area contributed by atoms with Crippen LogP contribution in [0.4, 0.5) is 0 Å². The molecular weight excluding hydrogens is 725 g/mol. The number of fused-ring (bicyclic) bond motifs is 2. The third kappa shape index (κ3) is 5.36. The van der Waals surface area contributed by atoms with E-state index in [4.69, 9.17) is 9.97 Å². The maximum Gasteiger partial charge on any atom is 0.133 e. The molecule has 0 aliphatic rings. The van der Waals surface area contributed by atoms with Crippen molar-refractivity contribution in [1.29, 1.82) is 0 Å². The normalized spacial score (nSPS) is 11.8. The molecule has 6 aromatic heterocycles. The second kappa shape index (κ2) is 12.5. The Labute approximate surface area is 316 Å². The van der Waals surface area contributed by atoms with E-state index >= 15 is 0 Å². The highest BCUT2D eigenvalue weighted by molar-refractivity contribution is 7.30. The van der Waals surface area contributed by atoms with E-state index in [9.17, 15) is 0 Å². The van der Waals surface area contributed by atoms with Gasteiger partial charge >= 0.3 is 0 Å². The van der Waals surface area contributed by atoms with E-state index in [1.807, 2.05) is 57.7 Å². The molecule has 2 nitrogen and oxygen atoms in total. The summed E-state index contributed by atoms with van der Waals surface area (Å²) in [6.07, 6.45) is 3.95. The van der Waals surface area contributed by atoms with Crippen molar-refractivity contribution in [3.8, 4) is 61.5 Å². The smallest absolute Gasteiger partial charge is 0.133 e. The van der Waals surface area contributed by atoms with Gasteiger partial charge in [0.2, 0.25) is 0 Å². The molecule has 9 aromatic rings. The van der Waals surface area contributed by atoms with Gasteiger partial charge in [-0.25, -0.2) is 9.97 Å². The molecule has 0 atom stereocenters. The van der Waals surface area contributed by atoms with Crippen LogP contribution in [0.3, 0.4) is 0 Å². The second-order valence-electron chi connectivity index (χ2n) is 12.9. The van der Waals surface area contributed by atoms with Crippen molar-refractivity contribution in [3.05, 3.63) is 117 Å². The molecule has 9 rings (SSSR count). The topological polar surface area (TPSA) is 25.8 Å². The van der Waals surface area contributed by atoms with Gasteiger partial charge in [-0.1, -0.05) is 36.4 Å². The lowest BCUT2D eigenvalue weighted by Crippen LogP contribution is -1.93. The van der Waals surface area contributed by atoms with Crippen LogP contribution in [0, 0.1) is 41.5 Å². The van der Waals surface area contributed by atoms with Gasteiger partial charge in [-0.3, -0.25) is 0 Å². The van der Waals surface area contributed by atoms with Crippen molar-refractivity contribution in [1.82, 2.24) is 9.97 Å². The lowest BCUT2D eigenvalue weighted by atomic mass is 9.87. The summed E-state index contributed by atoms with van der Waals surface area (Å²) in [5, 5.41) is 4.88. The molecule has 0 aliphatic heterocycles. The van der Waals surface area contributed by atoms with Crippen LogP contribution in [-0.4, -0.2) is 9.97 Å². The summed E-state index contributed by atoms with van der Waals surface area (Å²) in [6, 6.07) is 27.5. The molecule has 246 valence electrons. The van der Waals surface area contributed by atoms with Gasteiger partial charge in [0, 0.05) is 73.0 Å². The van der Waals surface area contributed by atoms with Gasteiger partial charge in [-0.2, -0.15) is 0 Å². The number of aromatic nitrogens is 2. The molecular formula is C42H32N2S6. The molecule has 0 spiro atoms. The van der Waals surface area contributed by atoms with Gasteiger partial charge in [-0.05, 0) is 111 Å². The molecule has 0 radical (unpaired) electrons. The van der Waals surface area contributed by atoms with E-state index in [-0.39, 0.29) is 0 Å². The molecule has 0 saturated carbocycles. The summed E-state index contributed by atoms with van der Waals surface area (Å²) in [7, 11) is 0. The fraction of sp³-hybridized carbons (Fsp3) is 0.143. The summed E-state index contributed by atoms with van der Waals surface area (Å²) in [6.45, 7) is 13.3. The number of nitrogens with zero attached hydrogens (tertiary/aromatic N) is 2. The van der Waals surface area contributed by atoms with Crippen molar-refractivity contribution in [2.24, 2.45) is 0 Å². The van der Waals surface area contributed by atoms with Gasteiger partial charge in [-0.15, -0.1) is 68.0 Å². The van der Waals surface area contributed by atoms with E-state index < -0.39 is 0 Å². The van der Waals surface area contributed by atoms with Crippen molar-refractivity contribution in [2.75, 3.05) is 0 Å². The van der Waals surface area contributed by atoms with Crippen LogP contribution in [0.25, 0.3) is 81.7 Å². The third-order valence-corrected chi connectivity index (χ3v) is 16.3. The van der Waals surface area contributed by atoms with E-state index in [0.29, 0.717) is 0 Å². The van der Waals surface area contributed by atoms with E-state index in [2.05, 4.69) is 114 Å². The first kappa shape index (κ1) is 32.2. The molecule has 8 heteroatoms. The average Bonchev–Trinajstić information content (AvgIpc) is 3.93. The monoisotopic (exact) mass is 756 g/mol. The number of thiophene rings is 4. The Kier molecular flexibility index (Phi) is 8.03. The quantitative estimate of drug-likeness (QED) is 0.169. The number of hydrogen-bond acceptors (Lipinski definition) is 8. The first-order valence-electron chi connectivity index (χ1n) is 16.5. The minimum absolute atomic E-state index is 1.10. The van der Waals surface area contributed by atoms with E-state index in [0.717, 1.165) is 10.0 Å². The Hall–Kier alpha value is -3.76. The Morgan fingerprint density at radius 2 is 0.760 bits per heavy atom. The maximum absolute atomic E-state index is 4.70. The zero-order valence-corrected chi connectivity index (χ0v) is 33.3. The zero-order chi connectivity index (χ0) is 34.3. The van der Waals surface area contributed by atoms with Crippen LogP contribution in [0.1, 0.15) is 32.0 Å². The van der Waals surface area contributed by atoms with Crippen LogP contribution in [0.5, 0.6) is 0 Å². The first-order valence-corrected chi connectivity index (χ1v) is 21.4. The standard InChI is InChI=1S/C42H32N2S6/c1-21-9-7-10-22(2)35(21)37-27-17-33(29-13-15-31(47-29)41-43-19-25(5)45-41)50-40(27)38(36-23(3)11-8-12-24(36)4)28-18-34(49-39(28)37)30-14-16-32(48-30)42-44-20-26(6)46-42/h7-20H,1-6H3. The Balaban J connectivity index is 1.36. The minimum atomic E-state index is 1.10. The molecule has 0 saturated heterocycles. The Bertz CT molecular complexity index is 2460. The summed E-state index contributed by atoms with van der Waals surface area (Å²) in [4.78, 5) is 19.5. The van der Waals surface area contributed by atoms with Crippen molar-refractivity contribution in [3.63, 3.8) is 0 Å². The molecule has 0 fully saturated rings. The highest BCUT2D eigenvalue weighted by atomic mass is 32.1. The second-order valence-corrected chi connectivity index (χ2v) is 19.6. The fourth-order valence-corrected chi connectivity index (χ4v) is 13.3. The van der Waals surface area contributed by atoms with Crippen LogP contribution in [0.15, 0.2) is 85.2 Å². The SMILES string of the molecule is Cc1cnc(-c2ccc(-c3cc4c(-c5c(C)cccc5C)c5sc(-c6ccc(-c7ncc(C)s7)s6)cc5c(-c5c(C)cccc5C)c4s3)s2)s1. The lowest BCUT2D eigenvalue weighted by Gasteiger charge is -2.18. The van der Waals surface area contributed by atoms with E-state index in [1.54, 1.807) is 22.7 Å². The van der Waals surface area contributed by atoms with E-state index in [1.165, 1.54) is 104 Å². The Morgan fingerprint density at radius 1 is 0.380 bits per heavy atom.